The minimum Gasteiger partial charge on any atom is -0.370 e. The Morgan fingerprint density at radius 2 is 1.82 bits per heavy atom. The molecule has 0 aromatic rings. The Bertz CT molecular complexity index is 243. The second-order valence-electron chi connectivity index (χ2n) is 6.01. The van der Waals surface area contributed by atoms with Gasteiger partial charge in [0.05, 0.1) is 6.10 Å². The van der Waals surface area contributed by atoms with Crippen molar-refractivity contribution in [1.82, 2.24) is 0 Å². The molecule has 98 valence electrons. The molecule has 2 unspecified atom stereocenters. The molecule has 0 amide bonds. The third kappa shape index (κ3) is 4.09. The van der Waals surface area contributed by atoms with E-state index in [4.69, 9.17) is 4.74 Å². The molecule has 0 N–H and O–H groups in total. The van der Waals surface area contributed by atoms with Crippen LogP contribution in [0.4, 0.5) is 0 Å². The van der Waals surface area contributed by atoms with Crippen molar-refractivity contribution in [2.45, 2.75) is 70.8 Å². The summed E-state index contributed by atoms with van der Waals surface area (Å²) in [6.07, 6.45) is 11.2. The van der Waals surface area contributed by atoms with E-state index in [2.05, 4.69) is 6.92 Å². The first-order valence-electron chi connectivity index (χ1n) is 7.40. The van der Waals surface area contributed by atoms with Crippen molar-refractivity contribution in [2.24, 2.45) is 11.8 Å². The van der Waals surface area contributed by atoms with Crippen molar-refractivity contribution in [3.05, 3.63) is 0 Å². The van der Waals surface area contributed by atoms with E-state index in [0.29, 0.717) is 24.4 Å². The molecule has 2 fully saturated rings. The third-order valence-corrected chi connectivity index (χ3v) is 4.41. The highest BCUT2D eigenvalue weighted by atomic mass is 16.5. The summed E-state index contributed by atoms with van der Waals surface area (Å²) in [7, 11) is 0. The van der Waals surface area contributed by atoms with Crippen LogP contribution in [0, 0.1) is 11.8 Å². The SMILES string of the molecule is CC1CCCC(OCC(=O)C2CCCCC2)C1. The van der Waals surface area contributed by atoms with Crippen molar-refractivity contribution < 1.29 is 9.53 Å². The zero-order valence-electron chi connectivity index (χ0n) is 11.1. The Morgan fingerprint density at radius 3 is 2.53 bits per heavy atom. The number of hydrogen-bond acceptors (Lipinski definition) is 2. The predicted molar refractivity (Wildman–Crippen MR) is 69.0 cm³/mol. The van der Waals surface area contributed by atoms with Crippen LogP contribution in [0.3, 0.4) is 0 Å². The number of carbonyl (C=O) groups excluding carboxylic acids is 1. The van der Waals surface area contributed by atoms with Crippen molar-refractivity contribution in [2.75, 3.05) is 6.61 Å². The summed E-state index contributed by atoms with van der Waals surface area (Å²) in [5.74, 6) is 1.45. The molecule has 0 heterocycles. The van der Waals surface area contributed by atoms with Crippen molar-refractivity contribution in [3.8, 4) is 0 Å². The topological polar surface area (TPSA) is 26.3 Å². The van der Waals surface area contributed by atoms with Crippen molar-refractivity contribution >= 4 is 5.78 Å². The minimum atomic E-state index is 0.310. The first-order valence-corrected chi connectivity index (χ1v) is 7.40. The standard InChI is InChI=1S/C15H26O2/c1-12-6-5-9-14(10-12)17-11-15(16)13-7-3-2-4-8-13/h12-14H,2-11H2,1H3. The number of ether oxygens (including phenoxy) is 1. The second kappa shape index (κ2) is 6.53. The van der Waals surface area contributed by atoms with Crippen LogP contribution in [0.15, 0.2) is 0 Å². The highest BCUT2D eigenvalue weighted by molar-refractivity contribution is 5.82. The summed E-state index contributed by atoms with van der Waals surface area (Å²) in [5.41, 5.74) is 0. The van der Waals surface area contributed by atoms with Gasteiger partial charge in [0.15, 0.2) is 5.78 Å². The summed E-state index contributed by atoms with van der Waals surface area (Å²) in [4.78, 5) is 12.0. The molecule has 2 aliphatic rings. The molecule has 17 heavy (non-hydrogen) atoms. The Balaban J connectivity index is 1.68. The van der Waals surface area contributed by atoms with Crippen LogP contribution in [0.5, 0.6) is 0 Å². The lowest BCUT2D eigenvalue weighted by molar-refractivity contribution is -0.131. The second-order valence-corrected chi connectivity index (χ2v) is 6.01. The molecule has 0 saturated heterocycles. The van der Waals surface area contributed by atoms with Gasteiger partial charge in [-0.1, -0.05) is 39.0 Å². The highest BCUT2D eigenvalue weighted by Gasteiger charge is 2.24. The van der Waals surface area contributed by atoms with Gasteiger partial charge in [-0.05, 0) is 31.6 Å². The molecule has 2 nitrogen and oxygen atoms in total. The van der Waals surface area contributed by atoms with E-state index >= 15 is 0 Å². The van der Waals surface area contributed by atoms with Gasteiger partial charge >= 0.3 is 0 Å². The van der Waals surface area contributed by atoms with Crippen LogP contribution < -0.4 is 0 Å². The lowest BCUT2D eigenvalue weighted by Crippen LogP contribution is -2.28. The van der Waals surface area contributed by atoms with E-state index in [-0.39, 0.29) is 0 Å². The average Bonchev–Trinajstić information content (AvgIpc) is 2.37. The molecule has 0 spiro atoms. The van der Waals surface area contributed by atoms with E-state index in [1.807, 2.05) is 0 Å². The fourth-order valence-corrected chi connectivity index (χ4v) is 3.27. The van der Waals surface area contributed by atoms with Gasteiger partial charge in [-0.15, -0.1) is 0 Å². The van der Waals surface area contributed by atoms with E-state index in [1.165, 1.54) is 32.1 Å². The lowest BCUT2D eigenvalue weighted by Gasteiger charge is -2.27. The van der Waals surface area contributed by atoms with Gasteiger partial charge in [-0.2, -0.15) is 0 Å². The van der Waals surface area contributed by atoms with Gasteiger partial charge in [-0.3, -0.25) is 4.79 Å². The smallest absolute Gasteiger partial charge is 0.161 e. The van der Waals surface area contributed by atoms with Crippen LogP contribution in [-0.4, -0.2) is 18.5 Å². The van der Waals surface area contributed by atoms with Gasteiger partial charge in [0.25, 0.3) is 0 Å². The fourth-order valence-electron chi connectivity index (χ4n) is 3.27. The zero-order valence-corrected chi connectivity index (χ0v) is 11.1. The zero-order chi connectivity index (χ0) is 12.1. The van der Waals surface area contributed by atoms with Crippen molar-refractivity contribution in [1.29, 1.82) is 0 Å². The normalized spacial score (nSPS) is 31.4. The van der Waals surface area contributed by atoms with Gasteiger partial charge < -0.3 is 4.74 Å². The molecule has 2 atom stereocenters. The van der Waals surface area contributed by atoms with Gasteiger partial charge in [-0.25, -0.2) is 0 Å². The van der Waals surface area contributed by atoms with E-state index < -0.39 is 0 Å². The minimum absolute atomic E-state index is 0.310. The summed E-state index contributed by atoms with van der Waals surface area (Å²) in [5, 5.41) is 0. The maximum absolute atomic E-state index is 12.0. The van der Waals surface area contributed by atoms with Gasteiger partial charge in [0, 0.05) is 5.92 Å². The Labute approximate surface area is 105 Å². The first kappa shape index (κ1) is 13.1. The molecule has 2 rings (SSSR count). The van der Waals surface area contributed by atoms with Crippen LogP contribution in [-0.2, 0) is 9.53 Å². The number of ketones is 1. The molecule has 0 aromatic heterocycles. The molecular formula is C15H26O2. The number of rotatable bonds is 4. The summed E-state index contributed by atoms with van der Waals surface area (Å²) in [6, 6.07) is 0. The van der Waals surface area contributed by atoms with Crippen LogP contribution in [0.2, 0.25) is 0 Å². The van der Waals surface area contributed by atoms with Gasteiger partial charge in [0.1, 0.15) is 6.61 Å². The maximum Gasteiger partial charge on any atom is 0.161 e. The molecular weight excluding hydrogens is 212 g/mol. The lowest BCUT2D eigenvalue weighted by atomic mass is 9.86. The van der Waals surface area contributed by atoms with E-state index in [9.17, 15) is 4.79 Å². The fraction of sp³-hybridized carbons (Fsp3) is 0.933. The molecule has 2 saturated carbocycles. The number of carbonyl (C=O) groups is 1. The number of hydrogen-bond donors (Lipinski definition) is 0. The molecule has 0 radical (unpaired) electrons. The van der Waals surface area contributed by atoms with Crippen molar-refractivity contribution in [3.63, 3.8) is 0 Å². The van der Waals surface area contributed by atoms with Crippen LogP contribution in [0.25, 0.3) is 0 Å². The average molecular weight is 238 g/mol. The molecule has 0 aromatic carbocycles. The van der Waals surface area contributed by atoms with Crippen LogP contribution >= 0.6 is 0 Å². The van der Waals surface area contributed by atoms with E-state index in [0.717, 1.165) is 31.6 Å². The number of Topliss-reactive ketones (excluding diaryl/α,β-unsaturated/α-hetero) is 1. The van der Waals surface area contributed by atoms with Crippen LogP contribution in [0.1, 0.15) is 64.7 Å². The Morgan fingerprint density at radius 1 is 1.06 bits per heavy atom. The largest absolute Gasteiger partial charge is 0.370 e. The Kier molecular flexibility index (Phi) is 5.02. The Hall–Kier alpha value is -0.370. The predicted octanol–water partition coefficient (Wildman–Crippen LogP) is 3.73. The molecule has 0 aliphatic heterocycles. The summed E-state index contributed by atoms with van der Waals surface area (Å²) in [6.45, 7) is 2.67. The monoisotopic (exact) mass is 238 g/mol. The molecule has 2 heteroatoms. The quantitative estimate of drug-likeness (QED) is 0.746. The summed E-state index contributed by atoms with van der Waals surface area (Å²) < 4.78 is 5.82. The van der Waals surface area contributed by atoms with E-state index in [1.54, 1.807) is 0 Å². The first-order chi connectivity index (χ1) is 8.25. The maximum atomic E-state index is 12.0. The molecule has 0 bridgehead atoms. The summed E-state index contributed by atoms with van der Waals surface area (Å²) >= 11 is 0. The third-order valence-electron chi connectivity index (χ3n) is 4.41. The molecule has 2 aliphatic carbocycles. The van der Waals surface area contributed by atoms with Gasteiger partial charge in [0.2, 0.25) is 0 Å². The highest BCUT2D eigenvalue weighted by Crippen LogP contribution is 2.27.